The monoisotopic (exact) mass is 708 g/mol. The van der Waals surface area contributed by atoms with E-state index in [-0.39, 0.29) is 19.8 Å². The summed E-state index contributed by atoms with van der Waals surface area (Å²) in [5.74, 6) is 0.241. The summed E-state index contributed by atoms with van der Waals surface area (Å²) in [5, 5.41) is 4.13. The number of pyridine rings is 1. The second-order valence-electron chi connectivity index (χ2n) is 12.3. The van der Waals surface area contributed by atoms with Crippen molar-refractivity contribution in [2.75, 3.05) is 85.0 Å². The van der Waals surface area contributed by atoms with Crippen LogP contribution in [0.5, 0.6) is 0 Å². The second-order valence-corrected chi connectivity index (χ2v) is 13.3. The van der Waals surface area contributed by atoms with Gasteiger partial charge in [0.1, 0.15) is 23.6 Å². The van der Waals surface area contributed by atoms with E-state index < -0.39 is 11.6 Å². The maximum atomic E-state index is 13.8. The third-order valence-electron chi connectivity index (χ3n) is 8.19. The first-order valence-corrected chi connectivity index (χ1v) is 17.6. The summed E-state index contributed by atoms with van der Waals surface area (Å²) in [5.41, 5.74) is 5.39. The van der Waals surface area contributed by atoms with E-state index in [9.17, 15) is 4.79 Å². The quantitative estimate of drug-likeness (QED) is 0.0861. The minimum atomic E-state index is -0.456. The minimum Gasteiger partial charge on any atom is -0.460 e. The Morgan fingerprint density at radius 3 is 2.42 bits per heavy atom. The van der Waals surface area contributed by atoms with Gasteiger partial charge in [-0.3, -0.25) is 0 Å². The van der Waals surface area contributed by atoms with E-state index >= 15 is 0 Å². The fourth-order valence-electron chi connectivity index (χ4n) is 5.69. The lowest BCUT2D eigenvalue weighted by atomic mass is 9.92. The van der Waals surface area contributed by atoms with Gasteiger partial charge in [0.05, 0.1) is 116 Å². The molecule has 0 unspecified atom stereocenters. The predicted molar refractivity (Wildman–Crippen MR) is 189 cm³/mol. The van der Waals surface area contributed by atoms with Crippen LogP contribution in [0.4, 0.5) is 5.82 Å². The number of carbonyl (C=O) groups excluding carboxylic acids is 1. The standard InChI is InChI=1S/C35H44N6O8S/c1-35(2)19-27-24(20-49-35)28(34(42)48-17-16-47-15-14-46-13-12-45-11-10-44-9-8-43-3)29-30-31(50-33(29)41-27)32(40-22-39-30)36-7-6-23-4-5-25-26(18-23)38-21-37-25/h4-5,18,21-22H,6-17,19-20H2,1-3H3,(H,37,38)(H,36,39,40). The Kier molecular flexibility index (Phi) is 12.5. The minimum absolute atomic E-state index is 0.0875. The number of ether oxygens (including phenoxy) is 7. The first kappa shape index (κ1) is 36.0. The van der Waals surface area contributed by atoms with E-state index in [4.69, 9.17) is 38.1 Å². The number of thiophene rings is 1. The van der Waals surface area contributed by atoms with Crippen LogP contribution in [0.1, 0.15) is 41.0 Å². The number of fused-ring (bicyclic) bond motifs is 5. The summed E-state index contributed by atoms with van der Waals surface area (Å²) in [7, 11) is 1.64. The van der Waals surface area contributed by atoms with Crippen LogP contribution < -0.4 is 5.32 Å². The molecule has 1 aliphatic heterocycles. The maximum Gasteiger partial charge on any atom is 0.339 e. The molecule has 0 aliphatic carbocycles. The molecule has 2 N–H and O–H groups in total. The number of benzene rings is 1. The number of hydrogen-bond donors (Lipinski definition) is 2. The Labute approximate surface area is 294 Å². The van der Waals surface area contributed by atoms with E-state index in [1.807, 2.05) is 19.9 Å². The Balaban J connectivity index is 1.06. The molecule has 0 fully saturated rings. The average molecular weight is 709 g/mol. The molecule has 0 bridgehead atoms. The van der Waals surface area contributed by atoms with E-state index in [1.54, 1.807) is 13.4 Å². The van der Waals surface area contributed by atoms with Crippen molar-refractivity contribution in [1.82, 2.24) is 24.9 Å². The lowest BCUT2D eigenvalue weighted by Crippen LogP contribution is -2.33. The van der Waals surface area contributed by atoms with Gasteiger partial charge in [0, 0.05) is 25.6 Å². The van der Waals surface area contributed by atoms with Crippen molar-refractivity contribution in [3.05, 3.63) is 53.2 Å². The molecular formula is C35H44N6O8S. The van der Waals surface area contributed by atoms with Gasteiger partial charge in [-0.15, -0.1) is 11.3 Å². The Hall–Kier alpha value is -3.83. The molecule has 0 radical (unpaired) electrons. The highest BCUT2D eigenvalue weighted by Gasteiger charge is 2.33. The van der Waals surface area contributed by atoms with Crippen molar-refractivity contribution in [2.24, 2.45) is 0 Å². The van der Waals surface area contributed by atoms with Crippen molar-refractivity contribution in [3.63, 3.8) is 0 Å². The lowest BCUT2D eigenvalue weighted by Gasteiger charge is -2.32. The molecule has 1 aromatic carbocycles. The summed E-state index contributed by atoms with van der Waals surface area (Å²) in [6.07, 6.45) is 4.57. The third kappa shape index (κ3) is 9.09. The van der Waals surface area contributed by atoms with Gasteiger partial charge in [-0.25, -0.2) is 24.7 Å². The maximum absolute atomic E-state index is 13.8. The Morgan fingerprint density at radius 2 is 1.68 bits per heavy atom. The second kappa shape index (κ2) is 17.4. The summed E-state index contributed by atoms with van der Waals surface area (Å²) in [6, 6.07) is 6.20. The number of carbonyl (C=O) groups is 1. The normalized spacial score (nSPS) is 14.1. The van der Waals surface area contributed by atoms with Gasteiger partial charge >= 0.3 is 5.97 Å². The molecule has 0 amide bonds. The van der Waals surface area contributed by atoms with Gasteiger partial charge in [-0.1, -0.05) is 6.07 Å². The van der Waals surface area contributed by atoms with Crippen LogP contribution in [0.15, 0.2) is 30.9 Å². The van der Waals surface area contributed by atoms with Crippen LogP contribution in [0.3, 0.4) is 0 Å². The van der Waals surface area contributed by atoms with Gasteiger partial charge < -0.3 is 43.5 Å². The van der Waals surface area contributed by atoms with E-state index in [1.165, 1.54) is 23.2 Å². The number of aromatic nitrogens is 5. The van der Waals surface area contributed by atoms with Gasteiger partial charge in [0.2, 0.25) is 0 Å². The number of H-pyrrole nitrogens is 1. The van der Waals surface area contributed by atoms with Gasteiger partial charge in [-0.05, 0) is 38.0 Å². The topological polar surface area (TPSA) is 161 Å². The molecule has 1 aliphatic rings. The molecule has 0 saturated carbocycles. The molecule has 5 aromatic rings. The molecule has 5 heterocycles. The number of nitrogens with zero attached hydrogens (tertiary/aromatic N) is 4. The largest absolute Gasteiger partial charge is 0.460 e. The van der Waals surface area contributed by atoms with Crippen LogP contribution in [0, 0.1) is 0 Å². The Bertz CT molecular complexity index is 1880. The number of aromatic amines is 1. The highest BCUT2D eigenvalue weighted by atomic mass is 32.1. The molecule has 50 heavy (non-hydrogen) atoms. The molecular weight excluding hydrogens is 664 g/mol. The summed E-state index contributed by atoms with van der Waals surface area (Å²) < 4.78 is 39.7. The number of anilines is 1. The van der Waals surface area contributed by atoms with Crippen molar-refractivity contribution >= 4 is 54.6 Å². The highest BCUT2D eigenvalue weighted by Crippen LogP contribution is 2.41. The first-order valence-electron chi connectivity index (χ1n) is 16.8. The van der Waals surface area contributed by atoms with Gasteiger partial charge in [-0.2, -0.15) is 0 Å². The molecule has 0 spiro atoms. The van der Waals surface area contributed by atoms with Crippen molar-refractivity contribution in [2.45, 2.75) is 38.9 Å². The molecule has 15 heteroatoms. The van der Waals surface area contributed by atoms with Gasteiger partial charge in [0.15, 0.2) is 0 Å². The summed E-state index contributed by atoms with van der Waals surface area (Å²) in [6.45, 7) is 9.13. The highest BCUT2D eigenvalue weighted by molar-refractivity contribution is 7.26. The lowest BCUT2D eigenvalue weighted by molar-refractivity contribution is -0.0418. The fourth-order valence-corrected chi connectivity index (χ4v) is 6.82. The molecule has 0 saturated heterocycles. The number of imidazole rings is 1. The predicted octanol–water partition coefficient (Wildman–Crippen LogP) is 4.49. The van der Waals surface area contributed by atoms with E-state index in [0.29, 0.717) is 92.9 Å². The molecule has 268 valence electrons. The number of rotatable bonds is 20. The third-order valence-corrected chi connectivity index (χ3v) is 9.27. The summed E-state index contributed by atoms with van der Waals surface area (Å²) >= 11 is 1.47. The average Bonchev–Trinajstić information content (AvgIpc) is 3.73. The van der Waals surface area contributed by atoms with Crippen LogP contribution >= 0.6 is 11.3 Å². The fraction of sp³-hybridized carbons (Fsp3) is 0.514. The smallest absolute Gasteiger partial charge is 0.339 e. The number of hydrogen-bond acceptors (Lipinski definition) is 14. The molecule has 14 nitrogen and oxygen atoms in total. The Morgan fingerprint density at radius 1 is 0.960 bits per heavy atom. The molecule has 4 aromatic heterocycles. The van der Waals surface area contributed by atoms with Crippen LogP contribution in [-0.4, -0.2) is 116 Å². The van der Waals surface area contributed by atoms with Crippen molar-refractivity contribution < 1.29 is 38.0 Å². The van der Waals surface area contributed by atoms with Crippen LogP contribution in [0.2, 0.25) is 0 Å². The number of esters is 1. The van der Waals surface area contributed by atoms with Crippen molar-refractivity contribution in [1.29, 1.82) is 0 Å². The zero-order valence-electron chi connectivity index (χ0n) is 28.7. The van der Waals surface area contributed by atoms with E-state index in [0.717, 1.165) is 33.4 Å². The van der Waals surface area contributed by atoms with Gasteiger partial charge in [0.25, 0.3) is 0 Å². The zero-order valence-corrected chi connectivity index (χ0v) is 29.6. The zero-order chi connectivity index (χ0) is 34.8. The number of methoxy groups -OCH3 is 1. The molecule has 6 rings (SSSR count). The first-order chi connectivity index (χ1) is 24.4. The molecule has 0 atom stereocenters. The van der Waals surface area contributed by atoms with E-state index in [2.05, 4.69) is 37.4 Å². The summed E-state index contributed by atoms with van der Waals surface area (Å²) in [4.78, 5) is 36.2. The SMILES string of the molecule is COCCOCCOCCOCCOCCOC(=O)c1c2c(nc3sc4c(NCCc5ccc6nc[nH]c6c5)ncnc4c13)CC(C)(C)OC2. The van der Waals surface area contributed by atoms with Crippen molar-refractivity contribution in [3.8, 4) is 0 Å². The van der Waals surface area contributed by atoms with Crippen LogP contribution in [0.25, 0.3) is 31.5 Å². The number of nitrogens with one attached hydrogen (secondary N) is 2. The van der Waals surface area contributed by atoms with Crippen LogP contribution in [-0.2, 0) is 52.6 Å².